The summed E-state index contributed by atoms with van der Waals surface area (Å²) in [5.41, 5.74) is 1.07. The van der Waals surface area contributed by atoms with E-state index in [9.17, 15) is 0 Å². The summed E-state index contributed by atoms with van der Waals surface area (Å²) in [7, 11) is 0. The van der Waals surface area contributed by atoms with Crippen molar-refractivity contribution in [1.29, 1.82) is 0 Å². The number of hydrogen-bond acceptors (Lipinski definition) is 3. The molecule has 1 fully saturated rings. The van der Waals surface area contributed by atoms with E-state index < -0.39 is 0 Å². The number of thiophene rings is 1. The van der Waals surface area contributed by atoms with Gasteiger partial charge >= 0.3 is 0 Å². The normalized spacial score (nSPS) is 26.4. The lowest BCUT2D eigenvalue weighted by atomic mass is 9.94. The maximum atomic E-state index is 6.24. The zero-order valence-corrected chi connectivity index (χ0v) is 12.3. The molecule has 0 saturated carbocycles. The molecule has 0 spiro atoms. The summed E-state index contributed by atoms with van der Waals surface area (Å²) in [6.45, 7) is 6.04. The summed E-state index contributed by atoms with van der Waals surface area (Å²) >= 11 is 13.7. The third-order valence-electron chi connectivity index (χ3n) is 3.22. The maximum Gasteiger partial charge on any atom is 0.0992 e. The van der Waals surface area contributed by atoms with E-state index in [0.29, 0.717) is 5.92 Å². The van der Waals surface area contributed by atoms with Gasteiger partial charge in [-0.3, -0.25) is 0 Å². The third kappa shape index (κ3) is 2.96. The van der Waals surface area contributed by atoms with E-state index >= 15 is 0 Å². The summed E-state index contributed by atoms with van der Waals surface area (Å²) in [4.78, 5) is 0. The van der Waals surface area contributed by atoms with E-state index in [2.05, 4.69) is 19.2 Å². The molecule has 1 saturated heterocycles. The Balaban J connectivity index is 2.25. The molecule has 2 nitrogen and oxygen atoms in total. The molecule has 0 bridgehead atoms. The summed E-state index contributed by atoms with van der Waals surface area (Å²) < 4.78 is 7.34. The van der Waals surface area contributed by atoms with E-state index in [4.69, 9.17) is 27.9 Å². The molecule has 1 aliphatic rings. The van der Waals surface area contributed by atoms with Gasteiger partial charge in [0, 0.05) is 12.2 Å². The Bertz CT molecular complexity index is 383. The molecule has 3 unspecified atom stereocenters. The van der Waals surface area contributed by atoms with Gasteiger partial charge in [-0.1, -0.05) is 37.0 Å². The first kappa shape index (κ1) is 13.6. The zero-order chi connectivity index (χ0) is 12.4. The molecule has 96 valence electrons. The first-order valence-electron chi connectivity index (χ1n) is 5.93. The Morgan fingerprint density at radius 1 is 1.59 bits per heavy atom. The molecule has 0 amide bonds. The summed E-state index contributed by atoms with van der Waals surface area (Å²) in [6, 6.07) is 2.10. The minimum absolute atomic E-state index is 0.147. The molecular weight excluding hydrogens is 277 g/mol. The lowest BCUT2D eigenvalue weighted by Crippen LogP contribution is -2.34. The van der Waals surface area contributed by atoms with Crippen LogP contribution in [-0.2, 0) is 4.74 Å². The van der Waals surface area contributed by atoms with Crippen molar-refractivity contribution in [3.05, 3.63) is 20.3 Å². The van der Waals surface area contributed by atoms with Crippen molar-refractivity contribution in [3.63, 3.8) is 0 Å². The predicted molar refractivity (Wildman–Crippen MR) is 74.3 cm³/mol. The van der Waals surface area contributed by atoms with Crippen LogP contribution in [0.15, 0.2) is 6.07 Å². The molecule has 3 atom stereocenters. The van der Waals surface area contributed by atoms with Crippen LogP contribution in [-0.4, -0.2) is 19.3 Å². The summed E-state index contributed by atoms with van der Waals surface area (Å²) in [5.74, 6) is 0.550. The molecule has 17 heavy (non-hydrogen) atoms. The number of nitrogens with one attached hydrogen (secondary N) is 1. The second kappa shape index (κ2) is 5.89. The quantitative estimate of drug-likeness (QED) is 0.901. The van der Waals surface area contributed by atoms with Crippen LogP contribution in [0.1, 0.15) is 31.9 Å². The number of halogens is 2. The average molecular weight is 294 g/mol. The van der Waals surface area contributed by atoms with Gasteiger partial charge in [0.1, 0.15) is 0 Å². The summed E-state index contributed by atoms with van der Waals surface area (Å²) in [5, 5.41) is 3.46. The van der Waals surface area contributed by atoms with Crippen LogP contribution in [0, 0.1) is 5.92 Å². The van der Waals surface area contributed by atoms with Gasteiger partial charge in [-0.15, -0.1) is 11.3 Å². The van der Waals surface area contributed by atoms with E-state index in [1.54, 1.807) is 0 Å². The van der Waals surface area contributed by atoms with Gasteiger partial charge in [-0.25, -0.2) is 0 Å². The maximum absolute atomic E-state index is 6.24. The molecule has 2 rings (SSSR count). The van der Waals surface area contributed by atoms with Gasteiger partial charge in [0.25, 0.3) is 0 Å². The van der Waals surface area contributed by atoms with Crippen LogP contribution < -0.4 is 5.32 Å². The molecule has 0 aromatic carbocycles. The number of ether oxygens (including phenoxy) is 1. The van der Waals surface area contributed by atoms with Gasteiger partial charge in [0.2, 0.25) is 0 Å². The molecule has 5 heteroatoms. The average Bonchev–Trinajstić information content (AvgIpc) is 2.82. The third-order valence-corrected chi connectivity index (χ3v) is 4.73. The minimum atomic E-state index is 0.147. The van der Waals surface area contributed by atoms with Gasteiger partial charge in [0.05, 0.1) is 20.8 Å². The highest BCUT2D eigenvalue weighted by Crippen LogP contribution is 2.39. The Labute approximate surface area is 116 Å². The molecule has 0 aliphatic carbocycles. The highest BCUT2D eigenvalue weighted by molar-refractivity contribution is 7.20. The Kier molecular flexibility index (Phi) is 4.72. The molecule has 2 heterocycles. The standard InChI is InChI=1S/C12H17Cl2NOS/c1-3-15-10(11-7(2)4-5-16-11)8-6-9(13)17-12(8)14/h6-7,10-11,15H,3-5H2,1-2H3. The number of likely N-dealkylation sites (N-methyl/N-ethyl adjacent to an activating group) is 1. The number of hydrogen-bond donors (Lipinski definition) is 1. The van der Waals surface area contributed by atoms with Crippen LogP contribution in [0.5, 0.6) is 0 Å². The monoisotopic (exact) mass is 293 g/mol. The first-order chi connectivity index (χ1) is 8.13. The molecule has 1 N–H and O–H groups in total. The fourth-order valence-corrected chi connectivity index (χ4v) is 3.88. The molecule has 0 radical (unpaired) electrons. The smallest absolute Gasteiger partial charge is 0.0992 e. The predicted octanol–water partition coefficient (Wildman–Crippen LogP) is 4.13. The Morgan fingerprint density at radius 2 is 2.35 bits per heavy atom. The highest BCUT2D eigenvalue weighted by Gasteiger charge is 2.34. The largest absolute Gasteiger partial charge is 0.376 e. The van der Waals surface area contributed by atoms with E-state index in [1.807, 2.05) is 6.07 Å². The lowest BCUT2D eigenvalue weighted by molar-refractivity contribution is 0.0613. The Morgan fingerprint density at radius 3 is 2.82 bits per heavy atom. The van der Waals surface area contributed by atoms with E-state index in [0.717, 1.165) is 33.8 Å². The van der Waals surface area contributed by atoms with Gasteiger partial charge in [-0.05, 0) is 24.9 Å². The van der Waals surface area contributed by atoms with Crippen molar-refractivity contribution in [1.82, 2.24) is 5.32 Å². The second-order valence-corrected chi connectivity index (χ2v) is 6.70. The molecule has 1 aliphatic heterocycles. The van der Waals surface area contributed by atoms with Gasteiger partial charge in [-0.2, -0.15) is 0 Å². The van der Waals surface area contributed by atoms with Crippen molar-refractivity contribution in [3.8, 4) is 0 Å². The van der Waals surface area contributed by atoms with Crippen molar-refractivity contribution in [2.75, 3.05) is 13.2 Å². The molecule has 1 aromatic heterocycles. The van der Waals surface area contributed by atoms with Crippen LogP contribution in [0.2, 0.25) is 8.67 Å². The van der Waals surface area contributed by atoms with Crippen LogP contribution >= 0.6 is 34.5 Å². The highest BCUT2D eigenvalue weighted by atomic mass is 35.5. The molecule has 1 aromatic rings. The fourth-order valence-electron chi connectivity index (χ4n) is 2.33. The molecular formula is C12H17Cl2NOS. The van der Waals surface area contributed by atoms with Crippen LogP contribution in [0.4, 0.5) is 0 Å². The van der Waals surface area contributed by atoms with E-state index in [-0.39, 0.29) is 12.1 Å². The van der Waals surface area contributed by atoms with Crippen LogP contribution in [0.25, 0.3) is 0 Å². The SMILES string of the molecule is CCNC(c1cc(Cl)sc1Cl)C1OCCC1C. The van der Waals surface area contributed by atoms with Crippen molar-refractivity contribution in [2.45, 2.75) is 32.4 Å². The van der Waals surface area contributed by atoms with E-state index in [1.165, 1.54) is 11.3 Å². The minimum Gasteiger partial charge on any atom is -0.376 e. The summed E-state index contributed by atoms with van der Waals surface area (Å²) in [6.07, 6.45) is 1.31. The van der Waals surface area contributed by atoms with Crippen molar-refractivity contribution < 1.29 is 4.74 Å². The number of rotatable bonds is 4. The zero-order valence-electron chi connectivity index (χ0n) is 10.0. The second-order valence-electron chi connectivity index (χ2n) is 4.42. The van der Waals surface area contributed by atoms with Crippen molar-refractivity contribution >= 4 is 34.5 Å². The first-order valence-corrected chi connectivity index (χ1v) is 7.50. The Hall–Kier alpha value is 0.200. The van der Waals surface area contributed by atoms with Gasteiger partial charge < -0.3 is 10.1 Å². The topological polar surface area (TPSA) is 21.3 Å². The fraction of sp³-hybridized carbons (Fsp3) is 0.667. The van der Waals surface area contributed by atoms with Crippen LogP contribution in [0.3, 0.4) is 0 Å². The lowest BCUT2D eigenvalue weighted by Gasteiger charge is -2.26. The van der Waals surface area contributed by atoms with Gasteiger partial charge in [0.15, 0.2) is 0 Å². The van der Waals surface area contributed by atoms with Crippen molar-refractivity contribution in [2.24, 2.45) is 5.92 Å².